The third-order valence-corrected chi connectivity index (χ3v) is 3.62. The Morgan fingerprint density at radius 3 is 2.62 bits per heavy atom. The molecule has 2 N–H and O–H groups in total. The van der Waals surface area contributed by atoms with Crippen molar-refractivity contribution in [2.75, 3.05) is 13.6 Å². The van der Waals surface area contributed by atoms with E-state index in [0.29, 0.717) is 6.54 Å². The molecule has 7 nitrogen and oxygen atoms in total. The minimum atomic E-state index is 0.540. The van der Waals surface area contributed by atoms with E-state index in [1.54, 1.807) is 13.4 Å². The lowest BCUT2D eigenvalue weighted by Crippen LogP contribution is -2.38. The maximum Gasteiger partial charge on any atom is 0.191 e. The Morgan fingerprint density at radius 1 is 1.08 bits per heavy atom. The lowest BCUT2D eigenvalue weighted by atomic mass is 10.3. The van der Waals surface area contributed by atoms with Crippen molar-refractivity contribution in [3.05, 3.63) is 67.0 Å². The zero-order valence-electron chi connectivity index (χ0n) is 13.6. The molecular formula is C17H21N7. The molecule has 2 aromatic heterocycles. The molecule has 0 atom stereocenters. The fourth-order valence-electron chi connectivity index (χ4n) is 2.39. The van der Waals surface area contributed by atoms with Crippen molar-refractivity contribution >= 4 is 5.96 Å². The molecule has 0 aliphatic carbocycles. The fraction of sp³-hybridized carbons (Fsp3) is 0.235. The van der Waals surface area contributed by atoms with E-state index in [0.717, 1.165) is 30.6 Å². The quantitative estimate of drug-likeness (QED) is 0.532. The predicted molar refractivity (Wildman–Crippen MR) is 94.0 cm³/mol. The average molecular weight is 323 g/mol. The van der Waals surface area contributed by atoms with Crippen molar-refractivity contribution in [1.82, 2.24) is 30.0 Å². The highest BCUT2D eigenvalue weighted by Gasteiger charge is 2.07. The van der Waals surface area contributed by atoms with Crippen LogP contribution < -0.4 is 10.6 Å². The van der Waals surface area contributed by atoms with Crippen LogP contribution in [0.15, 0.2) is 66.2 Å². The molecule has 0 aliphatic heterocycles. The molecule has 0 spiro atoms. The summed E-state index contributed by atoms with van der Waals surface area (Å²) >= 11 is 0. The second kappa shape index (κ2) is 7.96. The Labute approximate surface area is 141 Å². The van der Waals surface area contributed by atoms with E-state index < -0.39 is 0 Å². The number of benzene rings is 1. The van der Waals surface area contributed by atoms with Gasteiger partial charge in [0, 0.05) is 38.2 Å². The summed E-state index contributed by atoms with van der Waals surface area (Å²) in [5.41, 5.74) is 1.04. The molecule has 124 valence electrons. The van der Waals surface area contributed by atoms with Crippen molar-refractivity contribution in [3.63, 3.8) is 0 Å². The molecule has 0 unspecified atom stereocenters. The van der Waals surface area contributed by atoms with E-state index in [9.17, 15) is 0 Å². The summed E-state index contributed by atoms with van der Waals surface area (Å²) in [6, 6.07) is 14.1. The summed E-state index contributed by atoms with van der Waals surface area (Å²) in [6.45, 7) is 2.21. The fourth-order valence-corrected chi connectivity index (χ4v) is 2.39. The summed E-state index contributed by atoms with van der Waals surface area (Å²) in [7, 11) is 1.76. The van der Waals surface area contributed by atoms with Crippen molar-refractivity contribution < 1.29 is 0 Å². The largest absolute Gasteiger partial charge is 0.355 e. The molecule has 0 aliphatic rings. The Morgan fingerprint density at radius 2 is 1.88 bits per heavy atom. The number of aliphatic imine (C=N–C) groups is 1. The summed E-state index contributed by atoms with van der Waals surface area (Å²) < 4.78 is 4.08. The van der Waals surface area contributed by atoms with Gasteiger partial charge in [-0.05, 0) is 24.3 Å². The Bertz CT molecular complexity index is 759. The van der Waals surface area contributed by atoms with Gasteiger partial charge < -0.3 is 15.2 Å². The second-order valence-electron chi connectivity index (χ2n) is 5.23. The van der Waals surface area contributed by atoms with Gasteiger partial charge in [-0.15, -0.1) is 10.2 Å². The average Bonchev–Trinajstić information content (AvgIpc) is 3.30. The number of rotatable bonds is 6. The van der Waals surface area contributed by atoms with E-state index in [-0.39, 0.29) is 0 Å². The van der Waals surface area contributed by atoms with Gasteiger partial charge in [0.2, 0.25) is 0 Å². The Hall–Kier alpha value is -3.09. The minimum absolute atomic E-state index is 0.540. The van der Waals surface area contributed by atoms with Crippen LogP contribution in [-0.4, -0.2) is 38.9 Å². The molecule has 0 saturated carbocycles. The first-order valence-corrected chi connectivity index (χ1v) is 7.86. The molecule has 0 amide bonds. The lowest BCUT2D eigenvalue weighted by Gasteiger charge is -2.12. The van der Waals surface area contributed by atoms with E-state index in [4.69, 9.17) is 0 Å². The first kappa shape index (κ1) is 15.8. The standard InChI is InChI=1S/C17H21N7/c1-18-17(19-9-12-23-10-5-6-11-23)20-13-16-22-21-14-24(16)15-7-3-2-4-8-15/h2-8,10-11,14H,9,12-13H2,1H3,(H2,18,19,20). The van der Waals surface area contributed by atoms with Gasteiger partial charge in [-0.3, -0.25) is 9.56 Å². The molecule has 0 fully saturated rings. The summed E-state index contributed by atoms with van der Waals surface area (Å²) in [6.07, 6.45) is 5.80. The van der Waals surface area contributed by atoms with Gasteiger partial charge in [0.05, 0.1) is 6.54 Å². The first-order valence-electron chi connectivity index (χ1n) is 7.86. The smallest absolute Gasteiger partial charge is 0.191 e. The first-order chi connectivity index (χ1) is 11.9. The number of nitrogens with one attached hydrogen (secondary N) is 2. The normalized spacial score (nSPS) is 11.5. The third kappa shape index (κ3) is 4.01. The van der Waals surface area contributed by atoms with Crippen LogP contribution >= 0.6 is 0 Å². The van der Waals surface area contributed by atoms with Crippen LogP contribution in [-0.2, 0) is 13.1 Å². The van der Waals surface area contributed by atoms with Crippen LogP contribution in [0.25, 0.3) is 5.69 Å². The third-order valence-electron chi connectivity index (χ3n) is 3.62. The predicted octanol–water partition coefficient (Wildman–Crippen LogP) is 1.43. The number of nitrogens with zero attached hydrogens (tertiary/aromatic N) is 5. The Balaban J connectivity index is 1.54. The highest BCUT2D eigenvalue weighted by molar-refractivity contribution is 5.79. The van der Waals surface area contributed by atoms with Gasteiger partial charge in [-0.1, -0.05) is 18.2 Å². The van der Waals surface area contributed by atoms with Crippen LogP contribution in [0.2, 0.25) is 0 Å². The van der Waals surface area contributed by atoms with Crippen LogP contribution in [0, 0.1) is 0 Å². The summed E-state index contributed by atoms with van der Waals surface area (Å²) in [5, 5.41) is 14.7. The van der Waals surface area contributed by atoms with E-state index in [1.165, 1.54) is 0 Å². The maximum absolute atomic E-state index is 4.24. The summed E-state index contributed by atoms with van der Waals surface area (Å²) in [4.78, 5) is 4.24. The molecule has 0 bridgehead atoms. The van der Waals surface area contributed by atoms with Crippen LogP contribution in [0.1, 0.15) is 5.82 Å². The van der Waals surface area contributed by atoms with Crippen LogP contribution in [0.4, 0.5) is 0 Å². The molecule has 0 radical (unpaired) electrons. The van der Waals surface area contributed by atoms with Crippen LogP contribution in [0.5, 0.6) is 0 Å². The van der Waals surface area contributed by atoms with Crippen molar-refractivity contribution in [3.8, 4) is 5.69 Å². The van der Waals surface area contributed by atoms with Gasteiger partial charge >= 0.3 is 0 Å². The number of aromatic nitrogens is 4. The van der Waals surface area contributed by atoms with Crippen LogP contribution in [0.3, 0.4) is 0 Å². The maximum atomic E-state index is 4.24. The highest BCUT2D eigenvalue weighted by Crippen LogP contribution is 2.08. The van der Waals surface area contributed by atoms with E-state index in [2.05, 4.69) is 30.4 Å². The van der Waals surface area contributed by atoms with Crippen molar-refractivity contribution in [2.45, 2.75) is 13.1 Å². The molecule has 2 heterocycles. The zero-order valence-corrected chi connectivity index (χ0v) is 13.6. The number of hydrogen-bond donors (Lipinski definition) is 2. The molecule has 3 rings (SSSR count). The van der Waals surface area contributed by atoms with Gasteiger partial charge in [0.15, 0.2) is 11.8 Å². The number of para-hydroxylation sites is 1. The molecule has 7 heteroatoms. The topological polar surface area (TPSA) is 72.1 Å². The molecule has 1 aromatic carbocycles. The van der Waals surface area contributed by atoms with Gasteiger partial charge in [0.25, 0.3) is 0 Å². The minimum Gasteiger partial charge on any atom is -0.355 e. The number of guanidine groups is 1. The van der Waals surface area contributed by atoms with Crippen molar-refractivity contribution in [1.29, 1.82) is 0 Å². The van der Waals surface area contributed by atoms with E-state index >= 15 is 0 Å². The molecule has 3 aromatic rings. The summed E-state index contributed by atoms with van der Waals surface area (Å²) in [5.74, 6) is 1.57. The zero-order chi connectivity index (χ0) is 16.6. The van der Waals surface area contributed by atoms with Crippen molar-refractivity contribution in [2.24, 2.45) is 4.99 Å². The molecular weight excluding hydrogens is 302 g/mol. The van der Waals surface area contributed by atoms with Gasteiger partial charge in [0.1, 0.15) is 6.33 Å². The SMILES string of the molecule is CN=C(NCCn1cccc1)NCc1nncn1-c1ccccc1. The van der Waals surface area contributed by atoms with E-state index in [1.807, 2.05) is 59.4 Å². The second-order valence-corrected chi connectivity index (χ2v) is 5.23. The molecule has 0 saturated heterocycles. The monoisotopic (exact) mass is 323 g/mol. The highest BCUT2D eigenvalue weighted by atomic mass is 15.3. The molecule has 24 heavy (non-hydrogen) atoms. The van der Waals surface area contributed by atoms with Gasteiger partial charge in [-0.25, -0.2) is 0 Å². The number of hydrogen-bond acceptors (Lipinski definition) is 3. The Kier molecular flexibility index (Phi) is 5.24. The van der Waals surface area contributed by atoms with Gasteiger partial charge in [-0.2, -0.15) is 0 Å². The lowest BCUT2D eigenvalue weighted by molar-refractivity contribution is 0.661.